The lowest BCUT2D eigenvalue weighted by molar-refractivity contribution is -0.137. The smallest absolute Gasteiger partial charge is 0.416 e. The lowest BCUT2D eigenvalue weighted by atomic mass is 10.00. The van der Waals surface area contributed by atoms with Crippen LogP contribution in [0.5, 0.6) is 5.75 Å². The van der Waals surface area contributed by atoms with Crippen molar-refractivity contribution in [2.75, 3.05) is 18.5 Å². The molecule has 42 heavy (non-hydrogen) atoms. The molecule has 2 amide bonds. The summed E-state index contributed by atoms with van der Waals surface area (Å²) >= 11 is 12.2. The Morgan fingerprint density at radius 2 is 1.69 bits per heavy atom. The van der Waals surface area contributed by atoms with E-state index in [2.05, 4.69) is 22.5 Å². The van der Waals surface area contributed by atoms with E-state index in [1.54, 1.807) is 19.9 Å². The van der Waals surface area contributed by atoms with Crippen molar-refractivity contribution < 1.29 is 36.7 Å². The maximum absolute atomic E-state index is 13.9. The second-order valence-electron chi connectivity index (χ2n) is 9.35. The van der Waals surface area contributed by atoms with Gasteiger partial charge < -0.3 is 21.1 Å². The van der Waals surface area contributed by atoms with Gasteiger partial charge in [0.05, 0.1) is 33.9 Å². The predicted octanol–water partition coefficient (Wildman–Crippen LogP) is 5.60. The molecule has 7 nitrogen and oxygen atoms in total. The van der Waals surface area contributed by atoms with Gasteiger partial charge in [0.15, 0.2) is 12.4 Å². The number of nitrogens with two attached hydrogens (primary N) is 1. The summed E-state index contributed by atoms with van der Waals surface area (Å²) in [6.45, 7) is 2.59. The average molecular weight is 624 g/mol. The summed E-state index contributed by atoms with van der Waals surface area (Å²) in [5.41, 5.74) is 2.96. The normalized spacial score (nSPS) is 11.3. The molecule has 220 valence electrons. The number of ketones is 1. The van der Waals surface area contributed by atoms with Crippen LogP contribution in [0.15, 0.2) is 54.6 Å². The third-order valence-electron chi connectivity index (χ3n) is 5.43. The Balaban J connectivity index is 1.73. The van der Waals surface area contributed by atoms with Crippen LogP contribution in [0.25, 0.3) is 0 Å². The van der Waals surface area contributed by atoms with Crippen molar-refractivity contribution in [2.45, 2.75) is 25.6 Å². The number of rotatable bonds is 8. The lowest BCUT2D eigenvalue weighted by Crippen LogP contribution is -2.45. The first kappa shape index (κ1) is 32.4. The van der Waals surface area contributed by atoms with E-state index in [1.807, 2.05) is 0 Å². The number of alkyl halides is 3. The average Bonchev–Trinajstić information content (AvgIpc) is 2.91. The molecule has 0 atom stereocenters. The molecule has 0 aliphatic rings. The molecular formula is C29H23Cl2F4N3O4. The summed E-state index contributed by atoms with van der Waals surface area (Å²) in [5, 5.41) is 5.40. The quantitative estimate of drug-likeness (QED) is 0.172. The van der Waals surface area contributed by atoms with Crippen LogP contribution in [0.4, 0.5) is 23.2 Å². The molecule has 0 fully saturated rings. The zero-order valence-corrected chi connectivity index (χ0v) is 23.6. The molecule has 0 saturated heterocycles. The summed E-state index contributed by atoms with van der Waals surface area (Å²) in [7, 11) is 0. The van der Waals surface area contributed by atoms with Crippen molar-refractivity contribution in [3.8, 4) is 17.6 Å². The Morgan fingerprint density at radius 1 is 0.976 bits per heavy atom. The molecule has 4 N–H and O–H groups in total. The van der Waals surface area contributed by atoms with Crippen LogP contribution in [-0.2, 0) is 15.8 Å². The van der Waals surface area contributed by atoms with Gasteiger partial charge in [-0.25, -0.2) is 4.39 Å². The van der Waals surface area contributed by atoms with E-state index in [0.717, 1.165) is 6.07 Å². The van der Waals surface area contributed by atoms with E-state index < -0.39 is 47.0 Å². The maximum atomic E-state index is 13.9. The third kappa shape index (κ3) is 8.94. The summed E-state index contributed by atoms with van der Waals surface area (Å²) in [4.78, 5) is 37.1. The molecular weight excluding hydrogens is 601 g/mol. The molecule has 0 saturated carbocycles. The fourth-order valence-electron chi connectivity index (χ4n) is 3.53. The van der Waals surface area contributed by atoms with E-state index in [4.69, 9.17) is 33.7 Å². The van der Waals surface area contributed by atoms with Crippen LogP contribution in [0, 0.1) is 17.7 Å². The zero-order chi connectivity index (χ0) is 31.2. The van der Waals surface area contributed by atoms with Crippen LogP contribution < -0.4 is 21.1 Å². The van der Waals surface area contributed by atoms with Gasteiger partial charge in [-0.3, -0.25) is 14.4 Å². The van der Waals surface area contributed by atoms with Gasteiger partial charge in [0.2, 0.25) is 5.91 Å². The number of ether oxygens (including phenoxy) is 1. The van der Waals surface area contributed by atoms with Gasteiger partial charge >= 0.3 is 6.18 Å². The molecule has 0 heterocycles. The van der Waals surface area contributed by atoms with Gasteiger partial charge in [0.1, 0.15) is 11.6 Å². The number of hydrogen-bond acceptors (Lipinski definition) is 5. The summed E-state index contributed by atoms with van der Waals surface area (Å²) in [6, 6.07) is 9.74. The number of hydrogen-bond donors (Lipinski definition) is 3. The van der Waals surface area contributed by atoms with Crippen molar-refractivity contribution >= 4 is 46.5 Å². The molecule has 0 radical (unpaired) electrons. The van der Waals surface area contributed by atoms with Gasteiger partial charge in [-0.2, -0.15) is 13.2 Å². The molecule has 0 spiro atoms. The minimum atomic E-state index is -4.88. The number of carbonyl (C=O) groups is 3. The van der Waals surface area contributed by atoms with E-state index in [9.17, 15) is 31.9 Å². The Labute approximate surface area is 248 Å². The highest BCUT2D eigenvalue weighted by Crippen LogP contribution is 2.32. The first-order valence-corrected chi connectivity index (χ1v) is 12.8. The highest BCUT2D eigenvalue weighted by Gasteiger charge is 2.32. The van der Waals surface area contributed by atoms with Crippen molar-refractivity contribution in [1.29, 1.82) is 0 Å². The number of carbonyl (C=O) groups excluding carboxylic acids is 3. The molecule has 0 aromatic heterocycles. The lowest BCUT2D eigenvalue weighted by Gasteiger charge is -2.19. The van der Waals surface area contributed by atoms with Crippen molar-refractivity contribution in [2.24, 2.45) is 5.73 Å². The fourth-order valence-corrected chi connectivity index (χ4v) is 3.93. The maximum Gasteiger partial charge on any atom is 0.416 e. The summed E-state index contributed by atoms with van der Waals surface area (Å²) in [6.07, 6.45) is -4.88. The number of benzene rings is 3. The monoisotopic (exact) mass is 623 g/mol. The number of amides is 2. The SMILES string of the molecule is CC(C)(C#Cc1ccc(NC(=O)COc2ccc(Cl)cc2C(=O)c2cc(F)cc(C(F)(F)F)c2)c(Cl)c1)NC(=O)CN. The van der Waals surface area contributed by atoms with Crippen molar-refractivity contribution in [1.82, 2.24) is 5.32 Å². The van der Waals surface area contributed by atoms with E-state index in [1.165, 1.54) is 24.3 Å². The predicted molar refractivity (Wildman–Crippen MR) is 150 cm³/mol. The second-order valence-corrected chi connectivity index (χ2v) is 10.2. The molecule has 3 aromatic rings. The van der Waals surface area contributed by atoms with Crippen molar-refractivity contribution in [3.63, 3.8) is 0 Å². The zero-order valence-electron chi connectivity index (χ0n) is 22.1. The second kappa shape index (κ2) is 13.2. The Morgan fingerprint density at radius 3 is 2.33 bits per heavy atom. The van der Waals surface area contributed by atoms with Crippen molar-refractivity contribution in [3.05, 3.63) is 92.7 Å². The van der Waals surface area contributed by atoms with E-state index >= 15 is 0 Å². The van der Waals surface area contributed by atoms with Gasteiger partial charge in [0, 0.05) is 16.1 Å². The van der Waals surface area contributed by atoms with Gasteiger partial charge in [-0.15, -0.1) is 0 Å². The molecule has 0 aliphatic carbocycles. The Hall–Kier alpha value is -4.11. The molecule has 0 unspecified atom stereocenters. The van der Waals surface area contributed by atoms with Gasteiger partial charge in [-0.05, 0) is 68.4 Å². The van der Waals surface area contributed by atoms with Crippen LogP contribution in [0.1, 0.15) is 40.9 Å². The Bertz CT molecular complexity index is 1600. The highest BCUT2D eigenvalue weighted by atomic mass is 35.5. The number of nitrogens with one attached hydrogen (secondary N) is 2. The van der Waals surface area contributed by atoms with Gasteiger partial charge in [0.25, 0.3) is 5.91 Å². The molecule has 0 aliphatic heterocycles. The summed E-state index contributed by atoms with van der Waals surface area (Å²) < 4.78 is 58.7. The Kier molecular flexibility index (Phi) is 10.2. The first-order valence-electron chi connectivity index (χ1n) is 12.1. The highest BCUT2D eigenvalue weighted by molar-refractivity contribution is 6.33. The van der Waals surface area contributed by atoms with Gasteiger partial charge in [-0.1, -0.05) is 35.0 Å². The molecule has 3 aromatic carbocycles. The third-order valence-corrected chi connectivity index (χ3v) is 5.98. The minimum Gasteiger partial charge on any atom is -0.483 e. The standard InChI is InChI=1S/C29H23Cl2F4N3O4/c1-28(2,38-25(39)14-36)8-7-16-3-5-23(22(31)9-16)37-26(40)15-42-24-6-4-19(30)13-21(24)27(41)17-10-18(29(33,34)35)12-20(32)11-17/h3-6,9-13H,14-15,36H2,1-2H3,(H,37,40)(H,38,39). The fraction of sp³-hybridized carbons (Fsp3) is 0.207. The van der Waals surface area contributed by atoms with Crippen LogP contribution in [-0.4, -0.2) is 36.3 Å². The van der Waals surface area contributed by atoms with E-state index in [-0.39, 0.29) is 45.6 Å². The number of anilines is 1. The van der Waals surface area contributed by atoms with Crippen LogP contribution in [0.2, 0.25) is 10.0 Å². The minimum absolute atomic E-state index is 0.0581. The van der Waals surface area contributed by atoms with Crippen LogP contribution in [0.3, 0.4) is 0 Å². The summed E-state index contributed by atoms with van der Waals surface area (Å²) in [5.74, 6) is 2.30. The topological polar surface area (TPSA) is 111 Å². The largest absolute Gasteiger partial charge is 0.483 e. The molecule has 3 rings (SSSR count). The van der Waals surface area contributed by atoms with Crippen LogP contribution >= 0.6 is 23.2 Å². The first-order chi connectivity index (χ1) is 19.6. The number of halogens is 6. The molecule has 0 bridgehead atoms. The molecule has 13 heteroatoms. The van der Waals surface area contributed by atoms with E-state index in [0.29, 0.717) is 17.7 Å².